The first-order valence-corrected chi connectivity index (χ1v) is 9.64. The zero-order valence-electron chi connectivity index (χ0n) is 15.5. The molecule has 0 amide bonds. The Balaban J connectivity index is 1.52. The van der Waals surface area contributed by atoms with Crippen molar-refractivity contribution in [2.45, 2.75) is 19.0 Å². The monoisotopic (exact) mass is 398 g/mol. The molecule has 1 heterocycles. The van der Waals surface area contributed by atoms with Gasteiger partial charge in [0.2, 0.25) is 0 Å². The van der Waals surface area contributed by atoms with Crippen molar-refractivity contribution in [1.82, 2.24) is 4.90 Å². The molecule has 0 aliphatic carbocycles. The highest BCUT2D eigenvalue weighted by Gasteiger charge is 2.34. The summed E-state index contributed by atoms with van der Waals surface area (Å²) >= 11 is 6.06. The molecule has 0 radical (unpaired) electrons. The topological polar surface area (TPSA) is 15.3 Å². The van der Waals surface area contributed by atoms with Crippen LogP contribution in [-0.4, -0.2) is 24.0 Å². The van der Waals surface area contributed by atoms with E-state index in [1.165, 1.54) is 28.8 Å². The van der Waals surface area contributed by atoms with Gasteiger partial charge >= 0.3 is 0 Å². The number of benzene rings is 3. The minimum atomic E-state index is -0.572. The zero-order chi connectivity index (χ0) is 19.7. The van der Waals surface area contributed by atoms with Crippen LogP contribution in [0, 0.1) is 18.6 Å². The lowest BCUT2D eigenvalue weighted by Crippen LogP contribution is -2.56. The molecule has 3 aromatic rings. The third kappa shape index (κ3) is 4.18. The van der Waals surface area contributed by atoms with E-state index in [1.54, 1.807) is 0 Å². The first-order chi connectivity index (χ1) is 13.5. The second-order valence-electron chi connectivity index (χ2n) is 7.32. The minimum absolute atomic E-state index is 0.111. The Morgan fingerprint density at radius 2 is 1.43 bits per heavy atom. The highest BCUT2D eigenvalue weighted by molar-refractivity contribution is 6.30. The smallest absolute Gasteiger partial charge is 0.128 e. The molecule has 0 saturated carbocycles. The number of hydrogen-bond acceptors (Lipinski definition) is 2. The van der Waals surface area contributed by atoms with Gasteiger partial charge in [0.15, 0.2) is 0 Å². The second-order valence-corrected chi connectivity index (χ2v) is 7.75. The highest BCUT2D eigenvalue weighted by Crippen LogP contribution is 2.34. The lowest BCUT2D eigenvalue weighted by molar-refractivity contribution is 0.123. The van der Waals surface area contributed by atoms with Crippen LogP contribution in [0.3, 0.4) is 0 Å². The molecule has 1 N–H and O–H groups in total. The van der Waals surface area contributed by atoms with Gasteiger partial charge in [-0.2, -0.15) is 0 Å². The van der Waals surface area contributed by atoms with Crippen molar-refractivity contribution in [1.29, 1.82) is 0 Å². The van der Waals surface area contributed by atoms with Crippen molar-refractivity contribution < 1.29 is 8.78 Å². The molecule has 1 fully saturated rings. The molecule has 0 bridgehead atoms. The summed E-state index contributed by atoms with van der Waals surface area (Å²) < 4.78 is 26.8. The summed E-state index contributed by atoms with van der Waals surface area (Å²) in [7, 11) is 0. The molecule has 3 aromatic carbocycles. The maximum Gasteiger partial charge on any atom is 0.128 e. The van der Waals surface area contributed by atoms with E-state index in [9.17, 15) is 8.78 Å². The Bertz CT molecular complexity index is 886. The number of nitrogens with one attached hydrogen (secondary N) is 1. The van der Waals surface area contributed by atoms with Crippen molar-refractivity contribution in [3.8, 4) is 0 Å². The number of rotatable bonds is 5. The summed E-state index contributed by atoms with van der Waals surface area (Å²) in [4.78, 5) is 2.35. The van der Waals surface area contributed by atoms with Crippen LogP contribution < -0.4 is 5.32 Å². The molecule has 144 valence electrons. The summed E-state index contributed by atoms with van der Waals surface area (Å²) in [6.07, 6.45) is 0. The summed E-state index contributed by atoms with van der Waals surface area (Å²) in [5, 5.41) is 3.93. The van der Waals surface area contributed by atoms with Crippen molar-refractivity contribution in [2.75, 3.05) is 18.4 Å². The highest BCUT2D eigenvalue weighted by atomic mass is 35.5. The standard InChI is InChI=1S/C23H21ClF2N2/c1-15-2-4-16(5-3-15)23(17-6-8-18(24)9-7-17)28-13-22(14-28)27-21-11-19(25)10-20(26)12-21/h2-12,22-23,27H,13-14H2,1H3. The zero-order valence-corrected chi connectivity index (χ0v) is 16.3. The van der Waals surface area contributed by atoms with Gasteiger partial charge in [-0.1, -0.05) is 53.6 Å². The average molecular weight is 399 g/mol. The van der Waals surface area contributed by atoms with Crippen LogP contribution in [0.4, 0.5) is 14.5 Å². The van der Waals surface area contributed by atoms with Gasteiger partial charge in [-0.05, 0) is 42.3 Å². The molecule has 4 rings (SSSR count). The number of halogens is 3. The van der Waals surface area contributed by atoms with Crippen LogP contribution in [0.25, 0.3) is 0 Å². The summed E-state index contributed by atoms with van der Waals surface area (Å²) in [5.74, 6) is -1.14. The van der Waals surface area contributed by atoms with Gasteiger partial charge < -0.3 is 5.32 Å². The minimum Gasteiger partial charge on any atom is -0.380 e. The number of aryl methyl sites for hydroxylation is 1. The lowest BCUT2D eigenvalue weighted by Gasteiger charge is -2.45. The molecule has 1 saturated heterocycles. The van der Waals surface area contributed by atoms with Gasteiger partial charge in [0.1, 0.15) is 11.6 Å². The first kappa shape index (κ1) is 18.9. The Kier molecular flexibility index (Phi) is 5.33. The third-order valence-corrected chi connectivity index (χ3v) is 5.34. The van der Waals surface area contributed by atoms with Gasteiger partial charge in [-0.25, -0.2) is 8.78 Å². The molecule has 2 nitrogen and oxygen atoms in total. The molecule has 0 spiro atoms. The van der Waals surface area contributed by atoms with Crippen LogP contribution in [0.5, 0.6) is 0 Å². The van der Waals surface area contributed by atoms with E-state index in [4.69, 9.17) is 11.6 Å². The second kappa shape index (κ2) is 7.90. The van der Waals surface area contributed by atoms with Gasteiger partial charge in [-0.15, -0.1) is 0 Å². The normalized spacial score (nSPS) is 15.9. The SMILES string of the molecule is Cc1ccc(C(c2ccc(Cl)cc2)N2CC(Nc3cc(F)cc(F)c3)C2)cc1. The molecule has 1 unspecified atom stereocenters. The van der Waals surface area contributed by atoms with E-state index in [2.05, 4.69) is 53.5 Å². The molecule has 5 heteroatoms. The van der Waals surface area contributed by atoms with Crippen molar-refractivity contribution in [3.63, 3.8) is 0 Å². The Morgan fingerprint density at radius 3 is 2.00 bits per heavy atom. The van der Waals surface area contributed by atoms with E-state index < -0.39 is 11.6 Å². The number of likely N-dealkylation sites (tertiary alicyclic amines) is 1. The van der Waals surface area contributed by atoms with Crippen molar-refractivity contribution >= 4 is 17.3 Å². The van der Waals surface area contributed by atoms with Crippen LogP contribution in [-0.2, 0) is 0 Å². The molecule has 0 aromatic heterocycles. The van der Waals surface area contributed by atoms with Gasteiger partial charge in [0.05, 0.1) is 12.1 Å². The van der Waals surface area contributed by atoms with Crippen molar-refractivity contribution in [3.05, 3.63) is 100 Å². The van der Waals surface area contributed by atoms with Gasteiger partial charge in [0.25, 0.3) is 0 Å². The lowest BCUT2D eigenvalue weighted by atomic mass is 9.92. The molecule has 28 heavy (non-hydrogen) atoms. The summed E-state index contributed by atoms with van der Waals surface area (Å²) in [5.41, 5.74) is 4.07. The number of anilines is 1. The van der Waals surface area contributed by atoms with E-state index in [0.29, 0.717) is 10.7 Å². The maximum absolute atomic E-state index is 13.4. The predicted octanol–water partition coefficient (Wildman–Crippen LogP) is 5.81. The maximum atomic E-state index is 13.4. The van der Waals surface area contributed by atoms with E-state index in [0.717, 1.165) is 19.2 Å². The first-order valence-electron chi connectivity index (χ1n) is 9.26. The fourth-order valence-electron chi connectivity index (χ4n) is 3.70. The summed E-state index contributed by atoms with van der Waals surface area (Å²) in [6.45, 7) is 3.63. The Hall–Kier alpha value is -2.43. The average Bonchev–Trinajstić information content (AvgIpc) is 2.62. The van der Waals surface area contributed by atoms with Gasteiger partial charge in [-0.3, -0.25) is 4.90 Å². The Labute approximate surface area is 168 Å². The molecule has 1 aliphatic heterocycles. The molecule has 1 atom stereocenters. The van der Waals surface area contributed by atoms with Gasteiger partial charge in [0, 0.05) is 29.9 Å². The predicted molar refractivity (Wildman–Crippen MR) is 110 cm³/mol. The fraction of sp³-hybridized carbons (Fsp3) is 0.217. The molecule has 1 aliphatic rings. The van der Waals surface area contributed by atoms with Crippen LogP contribution >= 0.6 is 11.6 Å². The van der Waals surface area contributed by atoms with E-state index in [1.807, 2.05) is 12.1 Å². The van der Waals surface area contributed by atoms with Crippen LogP contribution in [0.1, 0.15) is 22.7 Å². The van der Waals surface area contributed by atoms with E-state index >= 15 is 0 Å². The van der Waals surface area contributed by atoms with Crippen molar-refractivity contribution in [2.24, 2.45) is 0 Å². The van der Waals surface area contributed by atoms with Crippen LogP contribution in [0.2, 0.25) is 5.02 Å². The fourth-order valence-corrected chi connectivity index (χ4v) is 3.82. The quantitative estimate of drug-likeness (QED) is 0.583. The third-order valence-electron chi connectivity index (χ3n) is 5.09. The van der Waals surface area contributed by atoms with Crippen LogP contribution in [0.15, 0.2) is 66.7 Å². The molecular weight excluding hydrogens is 378 g/mol. The Morgan fingerprint density at radius 1 is 0.893 bits per heavy atom. The largest absolute Gasteiger partial charge is 0.380 e. The van der Waals surface area contributed by atoms with E-state index in [-0.39, 0.29) is 12.1 Å². The summed E-state index contributed by atoms with van der Waals surface area (Å²) in [6, 6.07) is 20.2. The molecular formula is C23H21ClF2N2. The number of nitrogens with zero attached hydrogens (tertiary/aromatic N) is 1. The number of hydrogen-bond donors (Lipinski definition) is 1.